The summed E-state index contributed by atoms with van der Waals surface area (Å²) in [5.74, 6) is 5.32. The Morgan fingerprint density at radius 2 is 1.65 bits per heavy atom. The lowest BCUT2D eigenvalue weighted by Crippen LogP contribution is -2.32. The third-order valence-corrected chi connectivity index (χ3v) is 5.60. The first kappa shape index (κ1) is 17.6. The van der Waals surface area contributed by atoms with Crippen LogP contribution in [0.2, 0.25) is 0 Å². The van der Waals surface area contributed by atoms with Crippen LogP contribution in [0.25, 0.3) is 0 Å². The molecule has 1 fully saturated rings. The van der Waals surface area contributed by atoms with Crippen molar-refractivity contribution in [1.29, 1.82) is 0 Å². The smallest absolute Gasteiger partial charge is 0.304 e. The highest BCUT2D eigenvalue weighted by Crippen LogP contribution is 2.27. The number of rotatable bonds is 4. The number of hydrogen-bond donors (Lipinski definition) is 2. The molecule has 0 bridgehead atoms. The van der Waals surface area contributed by atoms with Crippen molar-refractivity contribution in [2.45, 2.75) is 6.54 Å². The van der Waals surface area contributed by atoms with E-state index in [1.165, 1.54) is 8.61 Å². The van der Waals surface area contributed by atoms with Crippen molar-refractivity contribution >= 4 is 34.0 Å². The molecule has 1 heterocycles. The molecular weight excluding hydrogens is 336 g/mol. The van der Waals surface area contributed by atoms with Crippen molar-refractivity contribution in [3.05, 3.63) is 60.2 Å². The first-order chi connectivity index (χ1) is 10.6. The van der Waals surface area contributed by atoms with Crippen LogP contribution >= 0.6 is 12.4 Å². The van der Waals surface area contributed by atoms with E-state index in [9.17, 15) is 8.42 Å². The van der Waals surface area contributed by atoms with Crippen LogP contribution in [0, 0.1) is 0 Å². The quantitative estimate of drug-likeness (QED) is 0.650. The van der Waals surface area contributed by atoms with Gasteiger partial charge in [0.15, 0.2) is 0 Å². The molecule has 0 amide bonds. The zero-order valence-electron chi connectivity index (χ0n) is 12.4. The van der Waals surface area contributed by atoms with Crippen molar-refractivity contribution in [2.24, 2.45) is 5.84 Å². The van der Waals surface area contributed by atoms with E-state index in [0.29, 0.717) is 25.3 Å². The molecule has 3 N–H and O–H groups in total. The van der Waals surface area contributed by atoms with Crippen LogP contribution < -0.4 is 15.6 Å². The Hall–Kier alpha value is -1.80. The summed E-state index contributed by atoms with van der Waals surface area (Å²) < 4.78 is 28.3. The summed E-state index contributed by atoms with van der Waals surface area (Å²) in [6.45, 7) is 1.32. The molecule has 3 rings (SSSR count). The van der Waals surface area contributed by atoms with Gasteiger partial charge in [0.2, 0.25) is 0 Å². The summed E-state index contributed by atoms with van der Waals surface area (Å²) in [6, 6.07) is 16.6. The molecule has 1 aliphatic heterocycles. The van der Waals surface area contributed by atoms with E-state index >= 15 is 0 Å². The van der Waals surface area contributed by atoms with Crippen LogP contribution in [0.15, 0.2) is 54.6 Å². The van der Waals surface area contributed by atoms with Crippen molar-refractivity contribution in [3.8, 4) is 0 Å². The van der Waals surface area contributed by atoms with Gasteiger partial charge in [0.05, 0.1) is 5.69 Å². The van der Waals surface area contributed by atoms with Crippen LogP contribution in [0.4, 0.5) is 11.4 Å². The van der Waals surface area contributed by atoms with Crippen molar-refractivity contribution in [2.75, 3.05) is 22.8 Å². The maximum atomic E-state index is 12.7. The number of nitrogens with one attached hydrogen (secondary N) is 1. The average Bonchev–Trinajstić information content (AvgIpc) is 2.83. The molecule has 0 aliphatic carbocycles. The first-order valence-electron chi connectivity index (χ1n) is 7.00. The molecule has 1 saturated heterocycles. The van der Waals surface area contributed by atoms with E-state index in [-0.39, 0.29) is 12.4 Å². The Morgan fingerprint density at radius 1 is 1.00 bits per heavy atom. The van der Waals surface area contributed by atoms with Crippen LogP contribution in [0.5, 0.6) is 0 Å². The van der Waals surface area contributed by atoms with Crippen molar-refractivity contribution in [1.82, 2.24) is 4.31 Å². The zero-order valence-corrected chi connectivity index (χ0v) is 14.1. The third kappa shape index (κ3) is 3.59. The maximum absolute atomic E-state index is 12.7. The summed E-state index contributed by atoms with van der Waals surface area (Å²) in [5, 5.41) is 0. The van der Waals surface area contributed by atoms with Gasteiger partial charge in [-0.2, -0.15) is 12.7 Å². The Kier molecular flexibility index (Phi) is 5.48. The number of benzene rings is 2. The van der Waals surface area contributed by atoms with Gasteiger partial charge in [-0.05, 0) is 29.8 Å². The molecule has 0 atom stereocenters. The molecule has 0 saturated carbocycles. The topological polar surface area (TPSA) is 78.7 Å². The van der Waals surface area contributed by atoms with E-state index in [4.69, 9.17) is 5.84 Å². The number of nitrogens with two attached hydrogens (primary N) is 1. The highest BCUT2D eigenvalue weighted by Gasteiger charge is 2.36. The van der Waals surface area contributed by atoms with Gasteiger partial charge in [0.25, 0.3) is 0 Å². The van der Waals surface area contributed by atoms with Crippen molar-refractivity contribution in [3.63, 3.8) is 0 Å². The number of nitrogen functional groups attached to an aromatic ring is 1. The summed E-state index contributed by atoms with van der Waals surface area (Å²) in [6.07, 6.45) is 0. The highest BCUT2D eigenvalue weighted by atomic mass is 35.5. The predicted octanol–water partition coefficient (Wildman–Crippen LogP) is 1.96. The normalized spacial score (nSPS) is 16.8. The Balaban J connectivity index is 0.00000192. The fourth-order valence-corrected chi connectivity index (χ4v) is 4.11. The molecule has 23 heavy (non-hydrogen) atoms. The monoisotopic (exact) mass is 354 g/mol. The molecule has 0 spiro atoms. The lowest BCUT2D eigenvalue weighted by atomic mass is 10.2. The Labute approximate surface area is 142 Å². The minimum Gasteiger partial charge on any atom is -0.324 e. The van der Waals surface area contributed by atoms with Crippen LogP contribution in [0.1, 0.15) is 5.56 Å². The molecule has 0 unspecified atom stereocenters. The lowest BCUT2D eigenvalue weighted by Gasteiger charge is -2.20. The summed E-state index contributed by atoms with van der Waals surface area (Å²) in [5.41, 5.74) is 4.90. The molecule has 124 valence electrons. The molecule has 0 radical (unpaired) electrons. The van der Waals surface area contributed by atoms with Crippen LogP contribution in [-0.4, -0.2) is 25.8 Å². The number of halogens is 1. The molecule has 2 aromatic rings. The van der Waals surface area contributed by atoms with Gasteiger partial charge in [0.1, 0.15) is 0 Å². The Morgan fingerprint density at radius 3 is 2.26 bits per heavy atom. The van der Waals surface area contributed by atoms with Crippen LogP contribution in [-0.2, 0) is 16.8 Å². The number of nitrogens with zero attached hydrogens (tertiary/aromatic N) is 2. The van der Waals surface area contributed by atoms with E-state index in [1.807, 2.05) is 30.3 Å². The molecule has 0 aromatic heterocycles. The van der Waals surface area contributed by atoms with Crippen molar-refractivity contribution < 1.29 is 8.42 Å². The van der Waals surface area contributed by atoms with E-state index < -0.39 is 10.2 Å². The van der Waals surface area contributed by atoms with E-state index in [0.717, 1.165) is 11.3 Å². The maximum Gasteiger partial charge on any atom is 0.304 e. The standard InChI is InChI=1S/C15H18N4O2S.ClH/c16-17-14-6-8-15(9-7-14)19-11-10-18(22(19,20)21)12-13-4-2-1-3-5-13;/h1-9,17H,10-12,16H2;1H. The summed E-state index contributed by atoms with van der Waals surface area (Å²) in [7, 11) is -3.48. The molecule has 6 nitrogen and oxygen atoms in total. The van der Waals surface area contributed by atoms with Crippen LogP contribution in [0.3, 0.4) is 0 Å². The van der Waals surface area contributed by atoms with E-state index in [1.54, 1.807) is 24.3 Å². The number of hydrazine groups is 1. The SMILES string of the molecule is Cl.NNc1ccc(N2CCN(Cc3ccccc3)S2(=O)=O)cc1. The van der Waals surface area contributed by atoms with Gasteiger partial charge >= 0.3 is 10.2 Å². The number of hydrogen-bond acceptors (Lipinski definition) is 4. The average molecular weight is 355 g/mol. The lowest BCUT2D eigenvalue weighted by molar-refractivity contribution is 0.446. The van der Waals surface area contributed by atoms with E-state index in [2.05, 4.69) is 5.43 Å². The largest absolute Gasteiger partial charge is 0.324 e. The molecule has 2 aromatic carbocycles. The van der Waals surface area contributed by atoms with Gasteiger partial charge < -0.3 is 5.43 Å². The molecule has 1 aliphatic rings. The van der Waals surface area contributed by atoms with Gasteiger partial charge in [-0.25, -0.2) is 0 Å². The van der Waals surface area contributed by atoms with Gasteiger partial charge in [0, 0.05) is 25.3 Å². The van der Waals surface area contributed by atoms with Gasteiger partial charge in [-0.1, -0.05) is 30.3 Å². The fraction of sp³-hybridized carbons (Fsp3) is 0.200. The first-order valence-corrected chi connectivity index (χ1v) is 8.39. The highest BCUT2D eigenvalue weighted by molar-refractivity contribution is 7.90. The minimum absolute atomic E-state index is 0. The van der Waals surface area contributed by atoms with Gasteiger partial charge in [-0.15, -0.1) is 12.4 Å². The predicted molar refractivity (Wildman–Crippen MR) is 94.6 cm³/mol. The molecule has 8 heteroatoms. The fourth-order valence-electron chi connectivity index (χ4n) is 2.51. The number of anilines is 2. The molecular formula is C15H19ClN4O2S. The minimum atomic E-state index is -3.48. The second-order valence-electron chi connectivity index (χ2n) is 5.09. The summed E-state index contributed by atoms with van der Waals surface area (Å²) in [4.78, 5) is 0. The zero-order chi connectivity index (χ0) is 15.6. The third-order valence-electron chi connectivity index (χ3n) is 3.68. The second-order valence-corrected chi connectivity index (χ2v) is 6.94. The summed E-state index contributed by atoms with van der Waals surface area (Å²) >= 11 is 0. The Bertz CT molecular complexity index is 738. The second kappa shape index (κ2) is 7.18. The van der Waals surface area contributed by atoms with Gasteiger partial charge in [-0.3, -0.25) is 10.1 Å².